The molecule has 0 N–H and O–H groups in total. The summed E-state index contributed by atoms with van der Waals surface area (Å²) >= 11 is 0. The maximum atomic E-state index is 13.3. The van der Waals surface area contributed by atoms with Gasteiger partial charge in [-0.2, -0.15) is 0 Å². The van der Waals surface area contributed by atoms with Gasteiger partial charge >= 0.3 is 0 Å². The molecule has 0 aromatic heterocycles. The summed E-state index contributed by atoms with van der Waals surface area (Å²) in [4.78, 5) is 26.7. The maximum Gasteiger partial charge on any atom is 0.269 e. The van der Waals surface area contributed by atoms with Gasteiger partial charge in [-0.1, -0.05) is 18.2 Å². The Hall–Kier alpha value is -2.71. The summed E-state index contributed by atoms with van der Waals surface area (Å²) in [5.41, 5.74) is 1.49. The first-order valence-electron chi connectivity index (χ1n) is 9.04. The van der Waals surface area contributed by atoms with Gasteiger partial charge in [0.25, 0.3) is 5.69 Å². The van der Waals surface area contributed by atoms with Crippen LogP contribution in [0, 0.1) is 21.7 Å². The maximum absolute atomic E-state index is 13.3. The van der Waals surface area contributed by atoms with Crippen molar-refractivity contribution in [2.75, 3.05) is 32.7 Å². The van der Waals surface area contributed by atoms with Gasteiger partial charge in [0.1, 0.15) is 0 Å². The molecule has 1 saturated heterocycles. The number of non-ortho nitro benzene ring substituents is 1. The molecular weight excluding hydrogens is 368 g/mol. The van der Waals surface area contributed by atoms with Crippen LogP contribution in [0.3, 0.4) is 0 Å². The van der Waals surface area contributed by atoms with E-state index >= 15 is 0 Å². The lowest BCUT2D eigenvalue weighted by molar-refractivity contribution is -0.384. The van der Waals surface area contributed by atoms with Crippen LogP contribution in [0.25, 0.3) is 0 Å². The Morgan fingerprint density at radius 3 is 2.14 bits per heavy atom. The zero-order valence-electron chi connectivity index (χ0n) is 15.3. The fraction of sp³-hybridized carbons (Fsp3) is 0.350. The number of hydrogen-bond acceptors (Lipinski definition) is 5. The fourth-order valence-electron chi connectivity index (χ4n) is 3.27. The molecule has 6 nitrogen and oxygen atoms in total. The summed E-state index contributed by atoms with van der Waals surface area (Å²) in [6.07, 6.45) is 0.243. The summed E-state index contributed by atoms with van der Waals surface area (Å²) < 4.78 is 26.3. The van der Waals surface area contributed by atoms with Gasteiger partial charge in [-0.25, -0.2) is 8.78 Å². The van der Waals surface area contributed by atoms with E-state index in [4.69, 9.17) is 0 Å². The summed E-state index contributed by atoms with van der Waals surface area (Å²) in [6, 6.07) is 9.96. The summed E-state index contributed by atoms with van der Waals surface area (Å²) in [7, 11) is 0. The van der Waals surface area contributed by atoms with Crippen molar-refractivity contribution in [1.82, 2.24) is 9.80 Å². The predicted octanol–water partition coefficient (Wildman–Crippen LogP) is 2.80. The number of benzene rings is 2. The zero-order chi connectivity index (χ0) is 20.1. The van der Waals surface area contributed by atoms with Crippen LogP contribution in [-0.4, -0.2) is 53.2 Å². The number of nitro groups is 1. The standard InChI is InChI=1S/C20H21F2N3O3/c21-19-6-3-16(12-20(19)22)13-23-7-9-24(10-8-23)14-18(26)11-15-1-4-17(5-2-15)25(27)28/h1-6,12H,7-11,13-14H2. The van der Waals surface area contributed by atoms with Crippen molar-refractivity contribution in [3.63, 3.8) is 0 Å². The van der Waals surface area contributed by atoms with Crippen LogP contribution in [0.2, 0.25) is 0 Å². The number of hydrogen-bond donors (Lipinski definition) is 0. The zero-order valence-corrected chi connectivity index (χ0v) is 15.3. The Balaban J connectivity index is 1.43. The van der Waals surface area contributed by atoms with Crippen LogP contribution in [0.1, 0.15) is 11.1 Å². The number of carbonyl (C=O) groups excluding carboxylic acids is 1. The third kappa shape index (κ3) is 5.40. The van der Waals surface area contributed by atoms with Crippen LogP contribution in [0.5, 0.6) is 0 Å². The molecule has 3 rings (SSSR count). The third-order valence-electron chi connectivity index (χ3n) is 4.80. The Morgan fingerprint density at radius 2 is 1.54 bits per heavy atom. The minimum Gasteiger partial charge on any atom is -0.298 e. The van der Waals surface area contributed by atoms with Gasteiger partial charge in [-0.05, 0) is 23.3 Å². The van der Waals surface area contributed by atoms with Gasteiger partial charge in [0.2, 0.25) is 0 Å². The molecule has 0 bridgehead atoms. The quantitative estimate of drug-likeness (QED) is 0.538. The van der Waals surface area contributed by atoms with Crippen molar-refractivity contribution < 1.29 is 18.5 Å². The van der Waals surface area contributed by atoms with Crippen LogP contribution in [-0.2, 0) is 17.8 Å². The molecule has 0 unspecified atom stereocenters. The van der Waals surface area contributed by atoms with Gasteiger partial charge in [-0.3, -0.25) is 24.7 Å². The Kier molecular flexibility index (Phi) is 6.43. The SMILES string of the molecule is O=C(Cc1ccc([N+](=O)[O-])cc1)CN1CCN(Cc2ccc(F)c(F)c2)CC1. The van der Waals surface area contributed by atoms with E-state index in [0.29, 0.717) is 13.1 Å². The van der Waals surface area contributed by atoms with E-state index in [1.807, 2.05) is 0 Å². The first-order valence-corrected chi connectivity index (χ1v) is 9.04. The number of nitrogens with zero attached hydrogens (tertiary/aromatic N) is 3. The molecule has 28 heavy (non-hydrogen) atoms. The number of rotatable bonds is 7. The number of nitro benzene ring substituents is 1. The normalized spacial score (nSPS) is 15.5. The average molecular weight is 389 g/mol. The van der Waals surface area contributed by atoms with E-state index < -0.39 is 16.6 Å². The minimum atomic E-state index is -0.847. The molecule has 0 aliphatic carbocycles. The molecule has 0 radical (unpaired) electrons. The van der Waals surface area contributed by atoms with Crippen molar-refractivity contribution in [3.8, 4) is 0 Å². The topological polar surface area (TPSA) is 66.7 Å². The van der Waals surface area contributed by atoms with Gasteiger partial charge in [0, 0.05) is 51.3 Å². The third-order valence-corrected chi connectivity index (χ3v) is 4.80. The van der Waals surface area contributed by atoms with Crippen LogP contribution < -0.4 is 0 Å². The lowest BCUT2D eigenvalue weighted by atomic mass is 10.1. The molecule has 1 fully saturated rings. The Morgan fingerprint density at radius 1 is 0.929 bits per heavy atom. The van der Waals surface area contributed by atoms with E-state index in [-0.39, 0.29) is 17.9 Å². The monoisotopic (exact) mass is 389 g/mol. The van der Waals surface area contributed by atoms with Crippen LogP contribution in [0.15, 0.2) is 42.5 Å². The van der Waals surface area contributed by atoms with E-state index in [1.165, 1.54) is 18.2 Å². The molecular formula is C20H21F2N3O3. The first kappa shape index (κ1) is 20.0. The highest BCUT2D eigenvalue weighted by atomic mass is 19.2. The second-order valence-corrected chi connectivity index (χ2v) is 6.94. The summed E-state index contributed by atoms with van der Waals surface area (Å²) in [5, 5.41) is 10.7. The number of carbonyl (C=O) groups is 1. The molecule has 1 heterocycles. The molecule has 2 aromatic rings. The van der Waals surface area contributed by atoms with Gasteiger partial charge in [0.05, 0.1) is 11.5 Å². The molecule has 0 saturated carbocycles. The fourth-order valence-corrected chi connectivity index (χ4v) is 3.27. The summed E-state index contributed by atoms with van der Waals surface area (Å²) in [5.74, 6) is -1.63. The van der Waals surface area contributed by atoms with Gasteiger partial charge in [0.15, 0.2) is 17.4 Å². The van der Waals surface area contributed by atoms with Crippen molar-refractivity contribution in [2.45, 2.75) is 13.0 Å². The second-order valence-electron chi connectivity index (χ2n) is 6.94. The summed E-state index contributed by atoms with van der Waals surface area (Å²) in [6.45, 7) is 3.79. The number of Topliss-reactive ketones (excluding diaryl/α,β-unsaturated/α-hetero) is 1. The highest BCUT2D eigenvalue weighted by molar-refractivity contribution is 5.82. The Bertz CT molecular complexity index is 850. The van der Waals surface area contributed by atoms with Crippen molar-refractivity contribution >= 4 is 11.5 Å². The van der Waals surface area contributed by atoms with Crippen LogP contribution in [0.4, 0.5) is 14.5 Å². The average Bonchev–Trinajstić information content (AvgIpc) is 2.67. The highest BCUT2D eigenvalue weighted by Crippen LogP contribution is 2.14. The van der Waals surface area contributed by atoms with Gasteiger partial charge < -0.3 is 0 Å². The molecule has 1 aliphatic heterocycles. The van der Waals surface area contributed by atoms with Gasteiger partial charge in [-0.15, -0.1) is 0 Å². The largest absolute Gasteiger partial charge is 0.298 e. The molecule has 8 heteroatoms. The number of ketones is 1. The molecule has 2 aromatic carbocycles. The highest BCUT2D eigenvalue weighted by Gasteiger charge is 2.19. The van der Waals surface area contributed by atoms with Crippen LogP contribution >= 0.6 is 0 Å². The number of piperazine rings is 1. The Labute approximate surface area is 161 Å². The smallest absolute Gasteiger partial charge is 0.269 e. The predicted molar refractivity (Wildman–Crippen MR) is 99.9 cm³/mol. The minimum absolute atomic E-state index is 0.00774. The molecule has 0 amide bonds. The molecule has 148 valence electrons. The van der Waals surface area contributed by atoms with Crippen molar-refractivity contribution in [3.05, 3.63) is 75.3 Å². The molecule has 1 aliphatic rings. The lowest BCUT2D eigenvalue weighted by Gasteiger charge is -2.34. The molecule has 0 atom stereocenters. The number of halogens is 2. The molecule has 0 spiro atoms. The van der Waals surface area contributed by atoms with Crippen molar-refractivity contribution in [1.29, 1.82) is 0 Å². The van der Waals surface area contributed by atoms with E-state index in [9.17, 15) is 23.7 Å². The lowest BCUT2D eigenvalue weighted by Crippen LogP contribution is -2.47. The second kappa shape index (κ2) is 8.99. The van der Waals surface area contributed by atoms with E-state index in [1.54, 1.807) is 18.2 Å². The van der Waals surface area contributed by atoms with E-state index in [2.05, 4.69) is 9.80 Å². The van der Waals surface area contributed by atoms with Crippen molar-refractivity contribution in [2.24, 2.45) is 0 Å². The first-order chi connectivity index (χ1) is 13.4. The van der Waals surface area contributed by atoms with E-state index in [0.717, 1.165) is 43.4 Å².